The summed E-state index contributed by atoms with van der Waals surface area (Å²) in [6, 6.07) is 4.18. The van der Waals surface area contributed by atoms with Crippen molar-refractivity contribution in [3.63, 3.8) is 0 Å². The number of alkyl halides is 2. The van der Waals surface area contributed by atoms with E-state index in [9.17, 15) is 13.6 Å². The molecule has 0 bridgehead atoms. The molecule has 0 aliphatic heterocycles. The molecule has 0 aromatic carbocycles. The fraction of sp³-hybridized carbons (Fsp3) is 0.348. The van der Waals surface area contributed by atoms with Crippen LogP contribution in [0.5, 0.6) is 0 Å². The Labute approximate surface area is 214 Å². The molecule has 5 aromatic rings. The van der Waals surface area contributed by atoms with Gasteiger partial charge in [-0.2, -0.15) is 15.3 Å². The van der Waals surface area contributed by atoms with Gasteiger partial charge in [0, 0.05) is 36.7 Å². The number of aromatic nitrogens is 9. The van der Waals surface area contributed by atoms with Gasteiger partial charge in [0.1, 0.15) is 5.52 Å². The molecule has 0 radical (unpaired) electrons. The van der Waals surface area contributed by atoms with Gasteiger partial charge in [0.15, 0.2) is 5.82 Å². The van der Waals surface area contributed by atoms with Gasteiger partial charge in [0.25, 0.3) is 6.43 Å². The maximum Gasteiger partial charge on any atom is 0.274 e. The molecular weight excluding hydrogens is 502 g/mol. The highest BCUT2D eigenvalue weighted by Crippen LogP contribution is 2.34. The zero-order valence-electron chi connectivity index (χ0n) is 19.9. The molecule has 5 aromatic heterocycles. The van der Waals surface area contributed by atoms with Crippen LogP contribution in [0.2, 0.25) is 0 Å². The third kappa shape index (κ3) is 5.38. The van der Waals surface area contributed by atoms with Crippen LogP contribution in [-0.4, -0.2) is 56.7 Å². The number of carbonyl (C=O) groups is 1. The Morgan fingerprint density at radius 3 is 2.62 bits per heavy atom. The summed E-state index contributed by atoms with van der Waals surface area (Å²) in [5.74, 6) is 1.37. The summed E-state index contributed by atoms with van der Waals surface area (Å²) < 4.78 is 27.5. The molecule has 1 aliphatic rings. The molecule has 192 valence electrons. The number of aryl methyl sites for hydroxylation is 1. The smallest absolute Gasteiger partial charge is 0.274 e. The molecule has 1 N–H and O–H groups in total. The average molecular weight is 527 g/mol. The van der Waals surface area contributed by atoms with E-state index in [4.69, 9.17) is 4.98 Å². The van der Waals surface area contributed by atoms with Crippen LogP contribution in [0.3, 0.4) is 0 Å². The second kappa shape index (κ2) is 10.9. The van der Waals surface area contributed by atoms with Gasteiger partial charge in [-0.15, -0.1) is 16.1 Å². The van der Waals surface area contributed by atoms with Crippen LogP contribution in [-0.2, 0) is 4.79 Å². The van der Waals surface area contributed by atoms with E-state index in [0.29, 0.717) is 10.8 Å². The van der Waals surface area contributed by atoms with Crippen LogP contribution >= 0.6 is 11.3 Å². The fourth-order valence-electron chi connectivity index (χ4n) is 4.45. The molecular formula is C23H24F2N10OS. The summed E-state index contributed by atoms with van der Waals surface area (Å²) in [5.41, 5.74) is 1.73. The SMILES string of the molecule is Cc1ncc(C(F)F)s1.O=CNC1CCCC(n2c(-n3cccn3)nc3cnc(-n4nccn4)cc32)C1. The van der Waals surface area contributed by atoms with Crippen LogP contribution < -0.4 is 5.32 Å². The number of amides is 1. The molecule has 0 spiro atoms. The Morgan fingerprint density at radius 1 is 1.14 bits per heavy atom. The maximum absolute atomic E-state index is 11.8. The van der Waals surface area contributed by atoms with E-state index in [1.165, 1.54) is 11.0 Å². The molecule has 1 aliphatic carbocycles. The van der Waals surface area contributed by atoms with Gasteiger partial charge < -0.3 is 9.88 Å². The van der Waals surface area contributed by atoms with E-state index >= 15 is 0 Å². The fourth-order valence-corrected chi connectivity index (χ4v) is 5.09. The Morgan fingerprint density at radius 2 is 1.97 bits per heavy atom. The molecule has 1 saturated carbocycles. The molecule has 6 rings (SSSR count). The lowest BCUT2D eigenvalue weighted by molar-refractivity contribution is -0.110. The third-order valence-corrected chi connectivity index (χ3v) is 6.97. The van der Waals surface area contributed by atoms with Crippen molar-refractivity contribution in [1.82, 2.24) is 49.6 Å². The number of hydrogen-bond acceptors (Lipinski definition) is 8. The normalized spacial score (nSPS) is 17.5. The Balaban J connectivity index is 0.000000265. The van der Waals surface area contributed by atoms with Gasteiger partial charge in [0.05, 0.1) is 34.0 Å². The predicted octanol–water partition coefficient (Wildman–Crippen LogP) is 3.82. The van der Waals surface area contributed by atoms with Gasteiger partial charge in [-0.05, 0) is 38.7 Å². The predicted molar refractivity (Wildman–Crippen MR) is 132 cm³/mol. The van der Waals surface area contributed by atoms with Crippen molar-refractivity contribution in [2.45, 2.75) is 51.1 Å². The molecule has 1 amide bonds. The maximum atomic E-state index is 11.8. The number of nitrogens with one attached hydrogen (secondary N) is 1. The summed E-state index contributed by atoms with van der Waals surface area (Å²) in [4.78, 5) is 25.4. The first-order chi connectivity index (χ1) is 18.0. The molecule has 37 heavy (non-hydrogen) atoms. The van der Waals surface area contributed by atoms with Crippen molar-refractivity contribution in [3.8, 4) is 11.8 Å². The van der Waals surface area contributed by atoms with Crippen LogP contribution in [0.4, 0.5) is 8.78 Å². The molecule has 0 saturated heterocycles. The summed E-state index contributed by atoms with van der Waals surface area (Å²) >= 11 is 1.03. The van der Waals surface area contributed by atoms with Gasteiger partial charge in [-0.3, -0.25) is 4.79 Å². The molecule has 14 heteroatoms. The Hall–Kier alpha value is -4.07. The second-order valence-corrected chi connectivity index (χ2v) is 9.73. The highest BCUT2D eigenvalue weighted by Gasteiger charge is 2.27. The van der Waals surface area contributed by atoms with E-state index in [1.807, 2.05) is 18.3 Å². The first kappa shape index (κ1) is 24.6. The Bertz CT molecular complexity index is 1450. The first-order valence-corrected chi connectivity index (χ1v) is 12.5. The minimum atomic E-state index is -2.36. The monoisotopic (exact) mass is 526 g/mol. The van der Waals surface area contributed by atoms with Crippen molar-refractivity contribution in [2.24, 2.45) is 0 Å². The summed E-state index contributed by atoms with van der Waals surface area (Å²) in [6.45, 7) is 1.70. The van der Waals surface area contributed by atoms with Crippen LogP contribution in [0.25, 0.3) is 22.8 Å². The molecule has 2 atom stereocenters. The van der Waals surface area contributed by atoms with Crippen LogP contribution in [0.15, 0.2) is 49.3 Å². The first-order valence-electron chi connectivity index (χ1n) is 11.7. The van der Waals surface area contributed by atoms with Gasteiger partial charge in [0.2, 0.25) is 12.4 Å². The van der Waals surface area contributed by atoms with E-state index in [-0.39, 0.29) is 17.0 Å². The van der Waals surface area contributed by atoms with Crippen molar-refractivity contribution in [3.05, 3.63) is 59.2 Å². The molecule has 1 fully saturated rings. The zero-order valence-corrected chi connectivity index (χ0v) is 20.7. The number of imidazole rings is 1. The van der Waals surface area contributed by atoms with Crippen molar-refractivity contribution >= 4 is 28.8 Å². The minimum Gasteiger partial charge on any atom is -0.356 e. The summed E-state index contributed by atoms with van der Waals surface area (Å²) in [5, 5.41) is 16.4. The number of carbonyl (C=O) groups excluding carboxylic acids is 1. The highest BCUT2D eigenvalue weighted by atomic mass is 32.1. The van der Waals surface area contributed by atoms with Gasteiger partial charge in [-0.25, -0.2) is 28.4 Å². The number of fused-ring (bicyclic) bond motifs is 1. The lowest BCUT2D eigenvalue weighted by Gasteiger charge is -2.30. The number of pyridine rings is 1. The number of nitrogens with zero attached hydrogens (tertiary/aromatic N) is 9. The number of rotatable bonds is 6. The lowest BCUT2D eigenvalue weighted by Crippen LogP contribution is -2.34. The van der Waals surface area contributed by atoms with E-state index in [1.54, 1.807) is 36.4 Å². The number of hydrogen-bond donors (Lipinski definition) is 1. The third-order valence-electron chi connectivity index (χ3n) is 6.05. The molecule has 5 heterocycles. The average Bonchev–Trinajstić information content (AvgIpc) is 3.71. The van der Waals surface area contributed by atoms with Crippen LogP contribution in [0.1, 0.15) is 48.0 Å². The van der Waals surface area contributed by atoms with Gasteiger partial charge >= 0.3 is 0 Å². The van der Waals surface area contributed by atoms with E-state index in [2.05, 4.69) is 35.1 Å². The van der Waals surface area contributed by atoms with Gasteiger partial charge in [-0.1, -0.05) is 0 Å². The summed E-state index contributed by atoms with van der Waals surface area (Å²) in [7, 11) is 0. The molecule has 2 unspecified atom stereocenters. The van der Waals surface area contributed by atoms with Crippen molar-refractivity contribution in [1.29, 1.82) is 0 Å². The van der Waals surface area contributed by atoms with Crippen molar-refractivity contribution in [2.75, 3.05) is 0 Å². The quantitative estimate of drug-likeness (QED) is 0.334. The van der Waals surface area contributed by atoms with E-state index < -0.39 is 6.43 Å². The topological polar surface area (TPSA) is 121 Å². The number of thiazole rings is 1. The van der Waals surface area contributed by atoms with E-state index in [0.717, 1.165) is 60.4 Å². The van der Waals surface area contributed by atoms with Crippen LogP contribution in [0, 0.1) is 6.92 Å². The van der Waals surface area contributed by atoms with Crippen molar-refractivity contribution < 1.29 is 13.6 Å². The second-order valence-electron chi connectivity index (χ2n) is 8.47. The zero-order chi connectivity index (χ0) is 25.8. The molecule has 11 nitrogen and oxygen atoms in total. The summed E-state index contributed by atoms with van der Waals surface area (Å²) in [6.07, 6.45) is 12.1. The standard InChI is InChI=1S/C18H19N9O.C5H5F2NS/c28-12-20-13-3-1-4-14(9-13)26-16-10-17(27-22-6-7-23-27)19-11-15(16)24-18(26)25-8-2-5-21-25;1-3-8-2-4(9-3)5(6)7/h2,5-8,10-14H,1,3-4,9H2,(H,20,28);2,5H,1H3. The highest BCUT2D eigenvalue weighted by molar-refractivity contribution is 7.11. The minimum absolute atomic E-state index is 0.0486. The number of halogens is 2. The lowest BCUT2D eigenvalue weighted by atomic mass is 9.91. The largest absolute Gasteiger partial charge is 0.356 e. The Kier molecular flexibility index (Phi) is 7.25.